The first kappa shape index (κ1) is 22.0. The minimum atomic E-state index is -4.35. The quantitative estimate of drug-likeness (QED) is 0.329. The smallest absolute Gasteiger partial charge is 0.392 e. The van der Waals surface area contributed by atoms with Crippen LogP contribution in [0.15, 0.2) is 87.5 Å². The van der Waals surface area contributed by atoms with E-state index in [9.17, 15) is 18.0 Å². The summed E-state index contributed by atoms with van der Waals surface area (Å²) >= 11 is 0. The monoisotopic (exact) mass is 431 g/mol. The average molecular weight is 431 g/mol. The molecule has 0 saturated carbocycles. The number of esters is 1. The number of hydrogen-bond acceptors (Lipinski definition) is 2. The van der Waals surface area contributed by atoms with Gasteiger partial charge in [0.15, 0.2) is 14.7 Å². The molecule has 0 aromatic heterocycles. The van der Waals surface area contributed by atoms with Crippen LogP contribution in [0.3, 0.4) is 0 Å². The van der Waals surface area contributed by atoms with Gasteiger partial charge < -0.3 is 4.74 Å². The van der Waals surface area contributed by atoms with Crippen molar-refractivity contribution in [3.05, 3.63) is 89.5 Å². The largest absolute Gasteiger partial charge is 0.462 e. The molecule has 3 rings (SSSR count). The predicted octanol–water partition coefficient (Wildman–Crippen LogP) is 6.51. The zero-order valence-corrected chi connectivity index (χ0v) is 17.5. The molecule has 0 radical (unpaired) electrons. The minimum Gasteiger partial charge on any atom is -0.462 e. The number of carbonyl (C=O) groups excluding carboxylic acids is 1. The third-order valence-corrected chi connectivity index (χ3v) is 6.72. The van der Waals surface area contributed by atoms with Gasteiger partial charge >= 0.3 is 12.1 Å². The van der Waals surface area contributed by atoms with Crippen LogP contribution in [-0.4, -0.2) is 18.8 Å². The van der Waals surface area contributed by atoms with E-state index in [2.05, 4.69) is 24.3 Å². The first-order valence-electron chi connectivity index (χ1n) is 9.46. The van der Waals surface area contributed by atoms with Crippen molar-refractivity contribution in [1.29, 1.82) is 0 Å². The lowest BCUT2D eigenvalue weighted by Gasteiger charge is -2.14. The van der Waals surface area contributed by atoms with Crippen LogP contribution in [0.25, 0.3) is 0 Å². The van der Waals surface area contributed by atoms with Gasteiger partial charge in [-0.25, -0.2) is 4.79 Å². The van der Waals surface area contributed by atoms with Crippen molar-refractivity contribution in [2.75, 3.05) is 6.61 Å². The summed E-state index contributed by atoms with van der Waals surface area (Å²) in [4.78, 5) is 15.7. The number of alkyl halides is 3. The van der Waals surface area contributed by atoms with Crippen LogP contribution < -0.4 is 0 Å². The maximum absolute atomic E-state index is 12.4. The number of halogens is 3. The maximum Gasteiger partial charge on any atom is 0.392 e. The third kappa shape index (κ3) is 5.45. The van der Waals surface area contributed by atoms with Crippen molar-refractivity contribution >= 4 is 16.9 Å². The molecule has 0 aliphatic rings. The Kier molecular flexibility index (Phi) is 6.87. The molecule has 0 spiro atoms. The van der Waals surface area contributed by atoms with E-state index >= 15 is 0 Å². The number of hydrogen-bond donors (Lipinski definition) is 0. The summed E-state index contributed by atoms with van der Waals surface area (Å²) in [7, 11) is -0.375. The molecule has 0 atom stereocenters. The van der Waals surface area contributed by atoms with E-state index in [0.717, 1.165) is 14.7 Å². The lowest BCUT2D eigenvalue weighted by atomic mass is 10.0. The normalized spacial score (nSPS) is 11.5. The fourth-order valence-electron chi connectivity index (χ4n) is 3.22. The molecule has 0 N–H and O–H groups in total. The Bertz CT molecular complexity index is 939. The lowest BCUT2D eigenvalue weighted by Crippen LogP contribution is -2.16. The molecular weight excluding hydrogens is 409 g/mol. The minimum absolute atomic E-state index is 0.325. The molecule has 156 valence electrons. The van der Waals surface area contributed by atoms with Crippen molar-refractivity contribution in [1.82, 2.24) is 0 Å². The highest BCUT2D eigenvalue weighted by Crippen LogP contribution is 2.33. The van der Waals surface area contributed by atoms with Crippen molar-refractivity contribution < 1.29 is 22.7 Å². The summed E-state index contributed by atoms with van der Waals surface area (Å²) in [5, 5.41) is 0. The average Bonchev–Trinajstić information content (AvgIpc) is 2.68. The van der Waals surface area contributed by atoms with Gasteiger partial charge in [-0.05, 0) is 61.4 Å². The Morgan fingerprint density at radius 1 is 0.833 bits per heavy atom. The number of aryl methyl sites for hydroxylation is 2. The van der Waals surface area contributed by atoms with E-state index in [1.807, 2.05) is 48.5 Å². The third-order valence-electron chi connectivity index (χ3n) is 4.52. The van der Waals surface area contributed by atoms with E-state index in [4.69, 9.17) is 4.74 Å². The van der Waals surface area contributed by atoms with Crippen molar-refractivity contribution in [2.45, 2.75) is 41.1 Å². The molecule has 0 bridgehead atoms. The van der Waals surface area contributed by atoms with E-state index < -0.39 is 25.2 Å². The molecule has 6 heteroatoms. The molecule has 0 saturated heterocycles. The lowest BCUT2D eigenvalue weighted by molar-refractivity contribution is -0.141. The second-order valence-corrected chi connectivity index (χ2v) is 8.89. The Hall–Kier alpha value is -2.73. The summed E-state index contributed by atoms with van der Waals surface area (Å²) in [5.74, 6) is -0.722. The molecular formula is C24H22F3O2S+. The predicted molar refractivity (Wildman–Crippen MR) is 112 cm³/mol. The first-order chi connectivity index (χ1) is 14.3. The Morgan fingerprint density at radius 3 is 1.73 bits per heavy atom. The van der Waals surface area contributed by atoms with Gasteiger partial charge in [0, 0.05) is 0 Å². The fourth-order valence-corrected chi connectivity index (χ4v) is 5.48. The van der Waals surface area contributed by atoms with Crippen molar-refractivity contribution in [2.24, 2.45) is 0 Å². The second kappa shape index (κ2) is 9.39. The number of rotatable bonds is 6. The number of ether oxygens (including phenoxy) is 1. The van der Waals surface area contributed by atoms with Gasteiger partial charge in [-0.2, -0.15) is 13.2 Å². The molecule has 0 aliphatic carbocycles. The number of carbonyl (C=O) groups is 1. The van der Waals surface area contributed by atoms with Gasteiger partial charge in [-0.1, -0.05) is 36.4 Å². The molecule has 0 amide bonds. The highest BCUT2D eigenvalue weighted by Gasteiger charge is 2.31. The topological polar surface area (TPSA) is 26.3 Å². The van der Waals surface area contributed by atoms with Gasteiger partial charge in [0.05, 0.1) is 22.9 Å². The van der Waals surface area contributed by atoms with Gasteiger partial charge in [0.2, 0.25) is 0 Å². The molecule has 2 nitrogen and oxygen atoms in total. The van der Waals surface area contributed by atoms with Crippen LogP contribution in [0.5, 0.6) is 0 Å². The zero-order chi connectivity index (χ0) is 21.7. The van der Waals surface area contributed by atoms with E-state index in [0.29, 0.717) is 16.7 Å². The fraction of sp³-hybridized carbons (Fsp3) is 0.208. The van der Waals surface area contributed by atoms with Crippen LogP contribution in [0, 0.1) is 13.8 Å². The SMILES string of the molecule is Cc1cc([S+](c2ccccc2)c2ccccc2)cc(C)c1C(=O)OCCC(F)(F)F. The van der Waals surface area contributed by atoms with Gasteiger partial charge in [0.1, 0.15) is 6.61 Å². The highest BCUT2D eigenvalue weighted by molar-refractivity contribution is 7.97. The van der Waals surface area contributed by atoms with Crippen LogP contribution in [-0.2, 0) is 15.6 Å². The van der Waals surface area contributed by atoms with Gasteiger partial charge in [-0.15, -0.1) is 0 Å². The number of benzene rings is 3. The van der Waals surface area contributed by atoms with Crippen LogP contribution in [0.2, 0.25) is 0 Å². The summed E-state index contributed by atoms with van der Waals surface area (Å²) in [6.07, 6.45) is -5.51. The Labute approximate surface area is 177 Å². The maximum atomic E-state index is 12.4. The van der Waals surface area contributed by atoms with Crippen LogP contribution in [0.1, 0.15) is 27.9 Å². The first-order valence-corrected chi connectivity index (χ1v) is 10.7. The summed E-state index contributed by atoms with van der Waals surface area (Å²) < 4.78 is 41.9. The summed E-state index contributed by atoms with van der Waals surface area (Å²) in [6.45, 7) is 2.89. The summed E-state index contributed by atoms with van der Waals surface area (Å²) in [6, 6.07) is 24.0. The summed E-state index contributed by atoms with van der Waals surface area (Å²) in [5.41, 5.74) is 1.70. The molecule has 0 unspecified atom stereocenters. The molecule has 3 aromatic rings. The van der Waals surface area contributed by atoms with Crippen molar-refractivity contribution in [3.63, 3.8) is 0 Å². The zero-order valence-electron chi connectivity index (χ0n) is 16.7. The highest BCUT2D eigenvalue weighted by atomic mass is 32.2. The van der Waals surface area contributed by atoms with Gasteiger partial charge in [0.25, 0.3) is 0 Å². The van der Waals surface area contributed by atoms with Gasteiger partial charge in [-0.3, -0.25) is 0 Å². The van der Waals surface area contributed by atoms with Crippen molar-refractivity contribution in [3.8, 4) is 0 Å². The van der Waals surface area contributed by atoms with E-state index in [1.54, 1.807) is 13.8 Å². The van der Waals surface area contributed by atoms with Crippen LogP contribution in [0.4, 0.5) is 13.2 Å². The van der Waals surface area contributed by atoms with E-state index in [1.165, 1.54) is 0 Å². The molecule has 0 heterocycles. The molecule has 0 aliphatic heterocycles. The molecule has 3 aromatic carbocycles. The standard InChI is InChI=1S/C24H22F3O2S/c1-17-15-21(16-18(2)22(17)23(28)29-14-13-24(25,26)27)30(19-9-5-3-6-10-19)20-11-7-4-8-12-20/h3-12,15-16H,13-14H2,1-2H3/q+1. The van der Waals surface area contributed by atoms with E-state index in [-0.39, 0.29) is 10.9 Å². The Morgan fingerprint density at radius 2 is 1.30 bits per heavy atom. The second-order valence-electron chi connectivity index (χ2n) is 6.87. The molecule has 0 fully saturated rings. The van der Waals surface area contributed by atoms with Crippen LogP contribution >= 0.6 is 0 Å². The molecule has 30 heavy (non-hydrogen) atoms. The Balaban J connectivity index is 1.95.